The number of carbonyl (C=O) groups is 2. The summed E-state index contributed by atoms with van der Waals surface area (Å²) in [6.45, 7) is 0. The zero-order valence-corrected chi connectivity index (χ0v) is 21.6. The Morgan fingerprint density at radius 2 is 1.65 bits per heavy atom. The number of hydrogen-bond donors (Lipinski definition) is 4. The summed E-state index contributed by atoms with van der Waals surface area (Å²) in [4.78, 5) is 36.8. The molecule has 0 fully saturated rings. The van der Waals surface area contributed by atoms with Crippen LogP contribution < -0.4 is 10.6 Å². The van der Waals surface area contributed by atoms with Crippen molar-refractivity contribution in [3.63, 3.8) is 0 Å². The van der Waals surface area contributed by atoms with Gasteiger partial charge in [0.1, 0.15) is 18.2 Å². The van der Waals surface area contributed by atoms with Crippen molar-refractivity contribution in [3.8, 4) is 0 Å². The van der Waals surface area contributed by atoms with Gasteiger partial charge in [-0.05, 0) is 23.3 Å². The van der Waals surface area contributed by atoms with Crippen molar-refractivity contribution in [3.05, 3.63) is 112 Å². The van der Waals surface area contributed by atoms with Gasteiger partial charge in [-0.25, -0.2) is 14.8 Å². The summed E-state index contributed by atoms with van der Waals surface area (Å²) in [7, 11) is 0. The SMILES string of the molecule is O=C(Nc1ccc(CC(Nc2cc(C(S)c3ccccc3)ncn2)C(=O)O)cc1)c1c(Cl)cncc1Cl. The van der Waals surface area contributed by atoms with Crippen molar-refractivity contribution in [1.82, 2.24) is 15.0 Å². The Kier molecular flexibility index (Phi) is 8.60. The Morgan fingerprint density at radius 1 is 0.973 bits per heavy atom. The Balaban J connectivity index is 1.43. The second kappa shape index (κ2) is 12.1. The molecule has 4 aromatic rings. The Labute approximate surface area is 228 Å². The Morgan fingerprint density at radius 3 is 2.30 bits per heavy atom. The Hall–Kier alpha value is -3.66. The van der Waals surface area contributed by atoms with Crippen LogP contribution in [0.15, 0.2) is 79.4 Å². The minimum atomic E-state index is -1.04. The first-order valence-corrected chi connectivity index (χ1v) is 12.3. The first-order valence-electron chi connectivity index (χ1n) is 11.1. The number of thiol groups is 1. The highest BCUT2D eigenvalue weighted by Crippen LogP contribution is 2.28. The molecule has 11 heteroatoms. The topological polar surface area (TPSA) is 117 Å². The third-order valence-electron chi connectivity index (χ3n) is 5.44. The maximum absolute atomic E-state index is 12.6. The molecule has 2 aromatic heterocycles. The van der Waals surface area contributed by atoms with E-state index in [0.717, 1.165) is 11.1 Å². The van der Waals surface area contributed by atoms with Crippen LogP contribution in [0.4, 0.5) is 11.5 Å². The maximum atomic E-state index is 12.6. The molecular formula is C26H21Cl2N5O3S. The smallest absolute Gasteiger partial charge is 0.326 e. The number of nitrogens with zero attached hydrogens (tertiary/aromatic N) is 3. The van der Waals surface area contributed by atoms with Gasteiger partial charge in [-0.2, -0.15) is 12.6 Å². The zero-order valence-electron chi connectivity index (χ0n) is 19.2. The highest BCUT2D eigenvalue weighted by atomic mass is 35.5. The molecule has 0 radical (unpaired) electrons. The van der Waals surface area contributed by atoms with Crippen molar-refractivity contribution in [2.24, 2.45) is 0 Å². The lowest BCUT2D eigenvalue weighted by Gasteiger charge is -2.17. The molecule has 3 N–H and O–H groups in total. The van der Waals surface area contributed by atoms with Crippen LogP contribution in [0.5, 0.6) is 0 Å². The molecule has 0 saturated heterocycles. The van der Waals surface area contributed by atoms with Crippen molar-refractivity contribution >= 4 is 59.2 Å². The molecule has 2 aromatic carbocycles. The molecule has 0 aliphatic carbocycles. The predicted octanol–water partition coefficient (Wildman–Crippen LogP) is 5.56. The van der Waals surface area contributed by atoms with Crippen molar-refractivity contribution in [2.45, 2.75) is 17.7 Å². The molecule has 0 aliphatic heterocycles. The van der Waals surface area contributed by atoms with Gasteiger partial charge < -0.3 is 15.7 Å². The van der Waals surface area contributed by atoms with Gasteiger partial charge in [0.15, 0.2) is 0 Å². The zero-order chi connectivity index (χ0) is 26.4. The molecule has 2 heterocycles. The van der Waals surface area contributed by atoms with Crippen LogP contribution in [0.25, 0.3) is 0 Å². The van der Waals surface area contributed by atoms with Crippen molar-refractivity contribution < 1.29 is 14.7 Å². The van der Waals surface area contributed by atoms with Gasteiger partial charge in [0.2, 0.25) is 0 Å². The van der Waals surface area contributed by atoms with E-state index in [2.05, 4.69) is 38.2 Å². The standard InChI is InChI=1S/C26H21Cl2N5O3S/c27-18-12-29-13-19(28)23(18)25(34)32-17-8-6-15(7-9-17)10-21(26(35)36)33-22-11-20(30-14-31-22)24(37)16-4-2-1-3-5-16/h1-9,11-14,21,24,37H,10H2,(H,32,34)(H,35,36)(H,30,31,33). The molecule has 2 unspecified atom stereocenters. The third-order valence-corrected chi connectivity index (χ3v) is 6.57. The van der Waals surface area contributed by atoms with Gasteiger partial charge >= 0.3 is 5.97 Å². The van der Waals surface area contributed by atoms with Crippen LogP contribution in [0.2, 0.25) is 10.0 Å². The van der Waals surface area contributed by atoms with Crippen LogP contribution in [0, 0.1) is 0 Å². The molecule has 8 nitrogen and oxygen atoms in total. The largest absolute Gasteiger partial charge is 0.480 e. The lowest BCUT2D eigenvalue weighted by molar-refractivity contribution is -0.137. The average molecular weight is 554 g/mol. The minimum Gasteiger partial charge on any atom is -0.480 e. The Bertz CT molecular complexity index is 1390. The maximum Gasteiger partial charge on any atom is 0.326 e. The fraction of sp³-hybridized carbons (Fsp3) is 0.115. The van der Waals surface area contributed by atoms with E-state index in [-0.39, 0.29) is 27.3 Å². The number of benzene rings is 2. The van der Waals surface area contributed by atoms with Crippen LogP contribution in [0.3, 0.4) is 0 Å². The summed E-state index contributed by atoms with van der Waals surface area (Å²) in [5.74, 6) is -1.14. The summed E-state index contributed by atoms with van der Waals surface area (Å²) in [5.41, 5.74) is 2.97. The quantitative estimate of drug-likeness (QED) is 0.200. The number of carboxylic acid groups (broad SMARTS) is 1. The van der Waals surface area contributed by atoms with Gasteiger partial charge in [-0.3, -0.25) is 9.78 Å². The molecule has 0 saturated carbocycles. The van der Waals surface area contributed by atoms with Crippen LogP contribution in [0.1, 0.15) is 32.4 Å². The average Bonchev–Trinajstić information content (AvgIpc) is 2.89. The van der Waals surface area contributed by atoms with Crippen molar-refractivity contribution in [2.75, 3.05) is 10.6 Å². The minimum absolute atomic E-state index is 0.123. The number of anilines is 2. The lowest BCUT2D eigenvalue weighted by atomic mass is 10.1. The fourth-order valence-corrected chi connectivity index (χ4v) is 4.42. The number of pyridine rings is 1. The molecule has 188 valence electrons. The van der Waals surface area contributed by atoms with E-state index in [1.165, 1.54) is 18.7 Å². The lowest BCUT2D eigenvalue weighted by Crippen LogP contribution is -2.32. The summed E-state index contributed by atoms with van der Waals surface area (Å²) in [5, 5.41) is 15.5. The van der Waals surface area contributed by atoms with E-state index in [1.807, 2.05) is 30.3 Å². The molecule has 0 aliphatic rings. The highest BCUT2D eigenvalue weighted by molar-refractivity contribution is 7.80. The van der Waals surface area contributed by atoms with E-state index in [9.17, 15) is 14.7 Å². The number of carbonyl (C=O) groups excluding carboxylic acids is 1. The summed E-state index contributed by atoms with van der Waals surface area (Å²) < 4.78 is 0. The van der Waals surface area contributed by atoms with E-state index < -0.39 is 17.9 Å². The van der Waals surface area contributed by atoms with E-state index in [4.69, 9.17) is 23.2 Å². The number of hydrogen-bond acceptors (Lipinski definition) is 7. The molecule has 4 rings (SSSR count). The number of carboxylic acids is 1. The monoisotopic (exact) mass is 553 g/mol. The first kappa shape index (κ1) is 26.4. The number of aliphatic carboxylic acids is 1. The van der Waals surface area contributed by atoms with Gasteiger partial charge in [-0.1, -0.05) is 65.7 Å². The summed E-state index contributed by atoms with van der Waals surface area (Å²) in [6, 6.07) is 17.2. The van der Waals surface area contributed by atoms with Gasteiger partial charge in [0.25, 0.3) is 5.91 Å². The molecular weight excluding hydrogens is 533 g/mol. The molecule has 1 amide bonds. The molecule has 37 heavy (non-hydrogen) atoms. The number of amides is 1. The third kappa shape index (κ3) is 6.76. The number of nitrogens with one attached hydrogen (secondary N) is 2. The first-order chi connectivity index (χ1) is 17.8. The normalized spacial score (nSPS) is 12.4. The van der Waals surface area contributed by atoms with Gasteiger partial charge in [0, 0.05) is 30.6 Å². The molecule has 2 atom stereocenters. The number of aromatic nitrogens is 3. The fourth-order valence-electron chi connectivity index (χ4n) is 3.57. The summed E-state index contributed by atoms with van der Waals surface area (Å²) >= 11 is 16.7. The van der Waals surface area contributed by atoms with E-state index in [1.54, 1.807) is 30.3 Å². The second-order valence-electron chi connectivity index (χ2n) is 8.01. The van der Waals surface area contributed by atoms with Crippen LogP contribution >= 0.6 is 35.8 Å². The van der Waals surface area contributed by atoms with E-state index in [0.29, 0.717) is 17.2 Å². The second-order valence-corrected chi connectivity index (χ2v) is 9.34. The predicted molar refractivity (Wildman–Crippen MR) is 147 cm³/mol. The van der Waals surface area contributed by atoms with Crippen molar-refractivity contribution in [1.29, 1.82) is 0 Å². The van der Waals surface area contributed by atoms with Gasteiger partial charge in [-0.15, -0.1) is 0 Å². The van der Waals surface area contributed by atoms with Gasteiger partial charge in [0.05, 0.1) is 26.6 Å². The van der Waals surface area contributed by atoms with E-state index >= 15 is 0 Å². The number of rotatable bonds is 9. The van der Waals surface area contributed by atoms with Crippen LogP contribution in [-0.4, -0.2) is 38.0 Å². The summed E-state index contributed by atoms with van der Waals surface area (Å²) in [6.07, 6.45) is 4.22. The molecule has 0 spiro atoms. The highest BCUT2D eigenvalue weighted by Gasteiger charge is 2.20. The number of halogens is 2. The molecule has 0 bridgehead atoms. The van der Waals surface area contributed by atoms with Crippen LogP contribution in [-0.2, 0) is 11.2 Å².